The zero-order valence-corrected chi connectivity index (χ0v) is 36.4. The Labute approximate surface area is 361 Å². The zero-order valence-electron chi connectivity index (χ0n) is 35.5. The maximum absolute atomic E-state index is 2.65. The van der Waals surface area contributed by atoms with Crippen molar-refractivity contribution >= 4 is 39.6 Å². The molecule has 4 fully saturated rings. The van der Waals surface area contributed by atoms with Crippen molar-refractivity contribution in [1.29, 1.82) is 0 Å². The van der Waals surface area contributed by atoms with Crippen molar-refractivity contribution in [3.63, 3.8) is 0 Å². The van der Waals surface area contributed by atoms with Gasteiger partial charge in [-0.2, -0.15) is 0 Å². The summed E-state index contributed by atoms with van der Waals surface area (Å²) >= 11 is 2.01. The first-order valence-corrected chi connectivity index (χ1v) is 23.5. The molecule has 1 spiro atoms. The first-order chi connectivity index (χ1) is 29.2. The molecule has 5 aliphatic carbocycles. The molecule has 1 nitrogen and oxygen atoms in total. The van der Waals surface area contributed by atoms with E-state index in [2.05, 4.69) is 184 Å². The monoisotopic (exact) mass is 797 g/mol. The van der Waals surface area contributed by atoms with Crippen molar-refractivity contribution in [1.82, 2.24) is 0 Å². The minimum atomic E-state index is 0.0794. The van der Waals surface area contributed by atoms with Crippen LogP contribution in [0.5, 0.6) is 0 Å². The van der Waals surface area contributed by atoms with Crippen molar-refractivity contribution in [3.05, 3.63) is 174 Å². The van der Waals surface area contributed by atoms with Crippen molar-refractivity contribution in [3.8, 4) is 22.3 Å². The van der Waals surface area contributed by atoms with Gasteiger partial charge in [-0.25, -0.2) is 0 Å². The Morgan fingerprint density at radius 2 is 1.07 bits per heavy atom. The third kappa shape index (κ3) is 5.59. The van der Waals surface area contributed by atoms with Crippen molar-refractivity contribution in [2.75, 3.05) is 4.90 Å². The zero-order chi connectivity index (χ0) is 40.4. The molecule has 0 aromatic heterocycles. The number of hydrogen-bond acceptors (Lipinski definition) is 2. The summed E-state index contributed by atoms with van der Waals surface area (Å²) in [5, 5.41) is 2.57. The molecule has 7 aromatic rings. The summed E-state index contributed by atoms with van der Waals surface area (Å²) in [6.07, 6.45) is 9.43. The summed E-state index contributed by atoms with van der Waals surface area (Å²) in [6, 6.07) is 58.6. The molecule has 0 N–H and O–H groups in total. The van der Waals surface area contributed by atoms with Crippen LogP contribution in [0.2, 0.25) is 0 Å². The van der Waals surface area contributed by atoms with Gasteiger partial charge in [0, 0.05) is 32.3 Å². The van der Waals surface area contributed by atoms with Crippen LogP contribution in [-0.4, -0.2) is 0 Å². The van der Waals surface area contributed by atoms with Gasteiger partial charge in [0.2, 0.25) is 0 Å². The van der Waals surface area contributed by atoms with Crippen molar-refractivity contribution in [2.24, 2.45) is 23.7 Å². The second-order valence-electron chi connectivity index (χ2n) is 20.4. The molecule has 13 rings (SSSR count). The third-order valence-electron chi connectivity index (χ3n) is 16.2. The van der Waals surface area contributed by atoms with E-state index in [-0.39, 0.29) is 16.2 Å². The molecular formula is C58H55NS. The molecule has 0 atom stereocenters. The van der Waals surface area contributed by atoms with E-state index in [9.17, 15) is 0 Å². The fourth-order valence-corrected chi connectivity index (χ4v) is 14.5. The fourth-order valence-electron chi connectivity index (χ4n) is 13.3. The number of nitrogens with zero attached hydrogens (tertiary/aromatic N) is 1. The van der Waals surface area contributed by atoms with E-state index in [1.54, 1.807) is 11.1 Å². The van der Waals surface area contributed by atoms with E-state index in [4.69, 9.17) is 0 Å². The summed E-state index contributed by atoms with van der Waals surface area (Å²) in [5.41, 5.74) is 15.4. The van der Waals surface area contributed by atoms with Crippen molar-refractivity contribution in [2.45, 2.75) is 98.7 Å². The van der Waals surface area contributed by atoms with Gasteiger partial charge >= 0.3 is 0 Å². The van der Waals surface area contributed by atoms with Gasteiger partial charge in [-0.05, 0) is 183 Å². The van der Waals surface area contributed by atoms with Crippen molar-refractivity contribution < 1.29 is 0 Å². The Morgan fingerprint density at radius 1 is 0.450 bits per heavy atom. The van der Waals surface area contributed by atoms with Crippen LogP contribution in [-0.2, 0) is 16.2 Å². The Morgan fingerprint density at radius 3 is 1.87 bits per heavy atom. The second-order valence-corrected chi connectivity index (χ2v) is 21.5. The Bertz CT molecular complexity index is 2790. The summed E-state index contributed by atoms with van der Waals surface area (Å²) in [6.45, 7) is 9.73. The van der Waals surface area contributed by atoms with E-state index in [1.807, 2.05) is 11.8 Å². The molecule has 0 unspecified atom stereocenters. The smallest absolute Gasteiger partial charge is 0.0467 e. The minimum Gasteiger partial charge on any atom is -0.310 e. The predicted molar refractivity (Wildman–Crippen MR) is 253 cm³/mol. The molecule has 60 heavy (non-hydrogen) atoms. The molecule has 1 aliphatic heterocycles. The molecule has 2 heteroatoms. The van der Waals surface area contributed by atoms with Gasteiger partial charge in [-0.1, -0.05) is 143 Å². The highest BCUT2D eigenvalue weighted by molar-refractivity contribution is 7.99. The number of anilines is 3. The summed E-state index contributed by atoms with van der Waals surface area (Å²) in [4.78, 5) is 5.50. The molecule has 0 saturated heterocycles. The maximum atomic E-state index is 2.65. The Kier molecular flexibility index (Phi) is 8.26. The van der Waals surface area contributed by atoms with Crippen LogP contribution >= 0.6 is 11.8 Å². The average Bonchev–Trinajstić information content (AvgIpc) is 3.27. The van der Waals surface area contributed by atoms with Gasteiger partial charge in [-0.3, -0.25) is 0 Å². The van der Waals surface area contributed by atoms with Gasteiger partial charge in [0.15, 0.2) is 0 Å². The number of rotatable bonds is 5. The Hall–Kier alpha value is -5.05. The van der Waals surface area contributed by atoms with E-state index >= 15 is 0 Å². The van der Waals surface area contributed by atoms with Crippen LogP contribution in [0.4, 0.5) is 17.1 Å². The lowest BCUT2D eigenvalue weighted by Gasteiger charge is -2.63. The van der Waals surface area contributed by atoms with E-state index < -0.39 is 0 Å². The highest BCUT2D eigenvalue weighted by Crippen LogP contribution is 2.69. The normalized spacial score (nSPS) is 25.1. The molecule has 4 saturated carbocycles. The molecule has 6 aliphatic rings. The average molecular weight is 798 g/mol. The number of fused-ring (bicyclic) bond motifs is 4. The molecular weight excluding hydrogens is 743 g/mol. The minimum absolute atomic E-state index is 0.0794. The van der Waals surface area contributed by atoms with Gasteiger partial charge in [-0.15, -0.1) is 0 Å². The standard InChI is InChI=1S/C58H55NS/c1-56(2)27-28-57(3,4)52-35-42(21-25-50(52)56)41-13-9-14-46(34-41)59(45-22-19-40(20-23-45)49-16-10-12-39-11-5-6-15-48(39)49)47-24-26-55-53(36-47)58(51-17-7-8-18-54(51)60-55)43-30-37-29-38(32-43)33-44(58)31-37/h5-26,34-38,43-44H,27-33H2,1-4H3. The summed E-state index contributed by atoms with van der Waals surface area (Å²) in [5.74, 6) is 3.23. The SMILES string of the molecule is CC1(C)CCC(C)(C)c2cc(-c3cccc(N(c4ccc(-c5cccc6ccccc56)cc4)c4ccc5c(c4)C4(c6ccccc6S5)C5CC6CC(C5)CC4C6)c3)ccc21. The first kappa shape index (κ1) is 36.8. The first-order valence-electron chi connectivity index (χ1n) is 22.7. The van der Waals surface area contributed by atoms with E-state index in [1.165, 1.54) is 116 Å². The van der Waals surface area contributed by atoms with Crippen LogP contribution in [0, 0.1) is 23.7 Å². The van der Waals surface area contributed by atoms with Gasteiger partial charge in [0.05, 0.1) is 0 Å². The Balaban J connectivity index is 1.02. The molecule has 4 bridgehead atoms. The topological polar surface area (TPSA) is 3.24 Å². The molecule has 0 amide bonds. The van der Waals surface area contributed by atoms with E-state index in [0.717, 1.165) is 11.8 Å². The van der Waals surface area contributed by atoms with Crippen LogP contribution in [0.25, 0.3) is 33.0 Å². The van der Waals surface area contributed by atoms with Gasteiger partial charge in [0.1, 0.15) is 0 Å². The highest BCUT2D eigenvalue weighted by atomic mass is 32.2. The van der Waals surface area contributed by atoms with E-state index in [0.29, 0.717) is 11.8 Å². The lowest BCUT2D eigenvalue weighted by Crippen LogP contribution is -2.57. The third-order valence-corrected chi connectivity index (χ3v) is 17.3. The number of benzene rings is 7. The van der Waals surface area contributed by atoms with Gasteiger partial charge < -0.3 is 4.90 Å². The second kappa shape index (κ2) is 13.5. The van der Waals surface area contributed by atoms with Crippen LogP contribution in [0.3, 0.4) is 0 Å². The highest BCUT2D eigenvalue weighted by Gasteiger charge is 2.60. The predicted octanol–water partition coefficient (Wildman–Crippen LogP) is 16.2. The maximum Gasteiger partial charge on any atom is 0.0467 e. The molecule has 0 radical (unpaired) electrons. The fraction of sp³-hybridized carbons (Fsp3) is 0.310. The van der Waals surface area contributed by atoms with Gasteiger partial charge in [0.25, 0.3) is 0 Å². The lowest BCUT2D eigenvalue weighted by molar-refractivity contribution is -0.0443. The summed E-state index contributed by atoms with van der Waals surface area (Å²) < 4.78 is 0. The molecule has 7 aromatic carbocycles. The molecule has 1 heterocycles. The van der Waals surface area contributed by atoms with Crippen LogP contribution in [0.15, 0.2) is 161 Å². The lowest BCUT2D eigenvalue weighted by atomic mass is 9.42. The van der Waals surface area contributed by atoms with Crippen LogP contribution < -0.4 is 4.90 Å². The van der Waals surface area contributed by atoms with Crippen LogP contribution in [0.1, 0.15) is 94.9 Å². The quantitative estimate of drug-likeness (QED) is 0.171. The summed E-state index contributed by atoms with van der Waals surface area (Å²) in [7, 11) is 0. The number of hydrogen-bond donors (Lipinski definition) is 0. The largest absolute Gasteiger partial charge is 0.310 e. The molecule has 298 valence electrons.